The molecule has 2 heterocycles. The van der Waals surface area contributed by atoms with Gasteiger partial charge >= 0.3 is 10.3 Å². The maximum absolute atomic E-state index is 11.4. The summed E-state index contributed by atoms with van der Waals surface area (Å²) in [6.45, 7) is -0.482. The number of fused-ring (bicyclic) bond motifs is 1. The molecule has 0 saturated heterocycles. The first kappa shape index (κ1) is 20.4. The fraction of sp³-hybridized carbons (Fsp3) is 0.316. The van der Waals surface area contributed by atoms with E-state index in [1.165, 1.54) is 17.2 Å². The summed E-state index contributed by atoms with van der Waals surface area (Å²) in [5, 5.41) is 25.8. The standard InChI is InChI=1S/C19H19N5O5S/c20-30(27,28)29-10-19(9-8-15(25)17(19)26)24-12-23-16-14(21-11-22-18(16)24)7-6-13-4-2-1-3-5-13/h1-5,11-12,15,17,25-26H,8-10H2,(H2,20,27,28)/t15-,17-,19+/m0/s1. The normalized spacial score (nSPS) is 24.0. The van der Waals surface area contributed by atoms with Crippen LogP contribution in [0.4, 0.5) is 0 Å². The van der Waals surface area contributed by atoms with Gasteiger partial charge in [0.1, 0.15) is 29.2 Å². The van der Waals surface area contributed by atoms with Crippen LogP contribution in [0, 0.1) is 11.8 Å². The van der Waals surface area contributed by atoms with Crippen molar-refractivity contribution >= 4 is 21.5 Å². The molecule has 3 aromatic rings. The van der Waals surface area contributed by atoms with E-state index in [4.69, 9.17) is 9.32 Å². The first-order valence-corrected chi connectivity index (χ1v) is 10.6. The molecule has 4 rings (SSSR count). The molecule has 1 aromatic carbocycles. The number of hydrogen-bond acceptors (Lipinski definition) is 8. The van der Waals surface area contributed by atoms with Crippen molar-refractivity contribution in [2.24, 2.45) is 5.14 Å². The Morgan fingerprint density at radius 2 is 1.97 bits per heavy atom. The minimum absolute atomic E-state index is 0.228. The Bertz CT molecular complexity index is 1230. The van der Waals surface area contributed by atoms with Crippen molar-refractivity contribution in [3.63, 3.8) is 0 Å². The van der Waals surface area contributed by atoms with E-state index in [0.717, 1.165) is 5.56 Å². The topological polar surface area (TPSA) is 153 Å². The van der Waals surface area contributed by atoms with Crippen LogP contribution in [0.3, 0.4) is 0 Å². The van der Waals surface area contributed by atoms with Crippen molar-refractivity contribution in [1.82, 2.24) is 19.5 Å². The summed E-state index contributed by atoms with van der Waals surface area (Å²) in [6.07, 6.45) is 0.796. The van der Waals surface area contributed by atoms with E-state index in [0.29, 0.717) is 16.9 Å². The van der Waals surface area contributed by atoms with Crippen LogP contribution in [0.2, 0.25) is 0 Å². The zero-order valence-corrected chi connectivity index (χ0v) is 16.5. The quantitative estimate of drug-likeness (QED) is 0.476. The molecule has 4 N–H and O–H groups in total. The molecule has 1 aliphatic carbocycles. The monoisotopic (exact) mass is 429 g/mol. The molecule has 1 aliphatic rings. The Hall–Kier alpha value is -2.88. The molecule has 11 heteroatoms. The maximum atomic E-state index is 11.4. The highest BCUT2D eigenvalue weighted by atomic mass is 32.2. The molecule has 1 saturated carbocycles. The fourth-order valence-corrected chi connectivity index (χ4v) is 4.01. The maximum Gasteiger partial charge on any atom is 0.333 e. The SMILES string of the molecule is NS(=O)(=O)OC[C@]1(n2cnc3c(C#Cc4ccccc4)ncnc32)CC[C@H](O)[C@@H]1O. The van der Waals surface area contributed by atoms with Gasteiger partial charge in [0.15, 0.2) is 5.65 Å². The summed E-state index contributed by atoms with van der Waals surface area (Å²) in [7, 11) is -4.26. The van der Waals surface area contributed by atoms with E-state index in [2.05, 4.69) is 26.8 Å². The molecule has 0 bridgehead atoms. The summed E-state index contributed by atoms with van der Waals surface area (Å²) < 4.78 is 29.0. The summed E-state index contributed by atoms with van der Waals surface area (Å²) in [4.78, 5) is 12.8. The van der Waals surface area contributed by atoms with E-state index in [-0.39, 0.29) is 12.8 Å². The van der Waals surface area contributed by atoms with Crippen LogP contribution in [0.5, 0.6) is 0 Å². The Morgan fingerprint density at radius 1 is 1.20 bits per heavy atom. The lowest BCUT2D eigenvalue weighted by molar-refractivity contribution is -0.0309. The van der Waals surface area contributed by atoms with Crippen molar-refractivity contribution in [3.05, 3.63) is 54.2 Å². The second kappa shape index (κ2) is 7.75. The van der Waals surface area contributed by atoms with Gasteiger partial charge < -0.3 is 14.8 Å². The highest BCUT2D eigenvalue weighted by molar-refractivity contribution is 7.84. The number of hydrogen-bond donors (Lipinski definition) is 3. The molecule has 0 radical (unpaired) electrons. The summed E-state index contributed by atoms with van der Waals surface area (Å²) in [5.74, 6) is 5.96. The number of rotatable bonds is 4. The summed E-state index contributed by atoms with van der Waals surface area (Å²) >= 11 is 0. The number of aromatic nitrogens is 4. The van der Waals surface area contributed by atoms with Gasteiger partial charge in [0.05, 0.1) is 19.0 Å². The van der Waals surface area contributed by atoms with Crippen LogP contribution in [-0.2, 0) is 20.0 Å². The molecule has 0 amide bonds. The number of aliphatic hydroxyl groups excluding tert-OH is 2. The Morgan fingerprint density at radius 3 is 2.63 bits per heavy atom. The largest absolute Gasteiger partial charge is 0.390 e. The van der Waals surface area contributed by atoms with Crippen LogP contribution in [0.1, 0.15) is 24.1 Å². The molecule has 30 heavy (non-hydrogen) atoms. The average molecular weight is 429 g/mol. The van der Waals surface area contributed by atoms with Gasteiger partial charge in [-0.3, -0.25) is 4.18 Å². The molecule has 1 fully saturated rings. The Labute approximate surface area is 172 Å². The van der Waals surface area contributed by atoms with Crippen molar-refractivity contribution in [1.29, 1.82) is 0 Å². The third-order valence-corrected chi connectivity index (χ3v) is 5.62. The third-order valence-electron chi connectivity index (χ3n) is 5.17. The van der Waals surface area contributed by atoms with E-state index in [1.54, 1.807) is 0 Å². The number of aliphatic hydroxyl groups is 2. The van der Waals surface area contributed by atoms with Crippen molar-refractivity contribution in [2.45, 2.75) is 30.6 Å². The van der Waals surface area contributed by atoms with Gasteiger partial charge in [-0.1, -0.05) is 24.1 Å². The molecule has 10 nitrogen and oxygen atoms in total. The minimum atomic E-state index is -4.26. The molecular formula is C19H19N5O5S. The van der Waals surface area contributed by atoms with Gasteiger partial charge in [-0.05, 0) is 30.9 Å². The Kier molecular flexibility index (Phi) is 5.27. The van der Waals surface area contributed by atoms with Crippen LogP contribution in [0.25, 0.3) is 11.2 Å². The van der Waals surface area contributed by atoms with Gasteiger partial charge in [-0.2, -0.15) is 8.42 Å². The van der Waals surface area contributed by atoms with Gasteiger partial charge in [-0.25, -0.2) is 20.1 Å². The first-order valence-electron chi connectivity index (χ1n) is 9.09. The molecule has 156 valence electrons. The predicted octanol–water partition coefficient (Wildman–Crippen LogP) is -0.343. The third kappa shape index (κ3) is 3.79. The van der Waals surface area contributed by atoms with E-state index >= 15 is 0 Å². The lowest BCUT2D eigenvalue weighted by Crippen LogP contribution is -2.48. The second-order valence-corrected chi connectivity index (χ2v) is 8.26. The molecule has 0 unspecified atom stereocenters. The zero-order valence-electron chi connectivity index (χ0n) is 15.7. The number of nitrogens with zero attached hydrogens (tertiary/aromatic N) is 4. The lowest BCUT2D eigenvalue weighted by atomic mass is 9.95. The van der Waals surface area contributed by atoms with E-state index in [9.17, 15) is 18.6 Å². The number of imidazole rings is 1. The first-order chi connectivity index (χ1) is 14.3. The molecule has 0 spiro atoms. The van der Waals surface area contributed by atoms with Crippen LogP contribution < -0.4 is 5.14 Å². The molecular weight excluding hydrogens is 410 g/mol. The number of nitrogens with two attached hydrogens (primary N) is 1. The second-order valence-electron chi connectivity index (χ2n) is 7.03. The molecule has 2 aromatic heterocycles. The van der Waals surface area contributed by atoms with Crippen molar-refractivity contribution in [3.8, 4) is 11.8 Å². The van der Waals surface area contributed by atoms with Crippen molar-refractivity contribution < 1.29 is 22.8 Å². The highest BCUT2D eigenvalue weighted by Crippen LogP contribution is 2.39. The van der Waals surface area contributed by atoms with Crippen LogP contribution >= 0.6 is 0 Å². The van der Waals surface area contributed by atoms with E-state index in [1.807, 2.05) is 30.3 Å². The minimum Gasteiger partial charge on any atom is -0.390 e. The summed E-state index contributed by atoms with van der Waals surface area (Å²) in [5.41, 5.74) is 0.561. The van der Waals surface area contributed by atoms with Gasteiger partial charge in [0.25, 0.3) is 0 Å². The Balaban J connectivity index is 1.79. The van der Waals surface area contributed by atoms with Crippen molar-refractivity contribution in [2.75, 3.05) is 6.61 Å². The fourth-order valence-electron chi connectivity index (χ4n) is 3.64. The number of benzene rings is 1. The van der Waals surface area contributed by atoms with E-state index < -0.39 is 34.7 Å². The summed E-state index contributed by atoms with van der Waals surface area (Å²) in [6, 6.07) is 9.35. The van der Waals surface area contributed by atoms with Gasteiger partial charge in [0.2, 0.25) is 0 Å². The zero-order chi connectivity index (χ0) is 21.4. The lowest BCUT2D eigenvalue weighted by Gasteiger charge is -2.34. The molecule has 3 atom stereocenters. The van der Waals surface area contributed by atoms with Gasteiger partial charge in [-0.15, -0.1) is 0 Å². The predicted molar refractivity (Wildman–Crippen MR) is 106 cm³/mol. The van der Waals surface area contributed by atoms with Crippen LogP contribution in [0.15, 0.2) is 43.0 Å². The molecule has 0 aliphatic heterocycles. The smallest absolute Gasteiger partial charge is 0.333 e. The highest BCUT2D eigenvalue weighted by Gasteiger charge is 2.50. The average Bonchev–Trinajstić information content (AvgIpc) is 3.28. The van der Waals surface area contributed by atoms with Crippen LogP contribution in [-0.4, -0.2) is 57.0 Å². The van der Waals surface area contributed by atoms with Gasteiger partial charge in [0, 0.05) is 5.56 Å².